The van der Waals surface area contributed by atoms with Gasteiger partial charge in [-0.15, -0.1) is 0 Å². The maximum Gasteiger partial charge on any atom is 0.0545 e. The van der Waals surface area contributed by atoms with E-state index < -0.39 is 0 Å². The van der Waals surface area contributed by atoms with Crippen LogP contribution in [0.1, 0.15) is 0 Å². The lowest BCUT2D eigenvalue weighted by atomic mass is 10.3. The summed E-state index contributed by atoms with van der Waals surface area (Å²) in [5.74, 6) is 0. The van der Waals surface area contributed by atoms with Crippen LogP contribution in [0.25, 0.3) is 0 Å². The molecule has 0 saturated carbocycles. The molecule has 0 fully saturated rings. The third-order valence-corrected chi connectivity index (χ3v) is 3.47. The average molecular weight is 236 g/mol. The topological polar surface area (TPSA) is 26.0 Å². The van der Waals surface area contributed by atoms with Gasteiger partial charge in [0.2, 0.25) is 0 Å². The Balaban J connectivity index is 2.22. The van der Waals surface area contributed by atoms with Crippen molar-refractivity contribution >= 4 is 29.1 Å². The van der Waals surface area contributed by atoms with Crippen molar-refractivity contribution in [2.24, 2.45) is 0 Å². The predicted molar refractivity (Wildman–Crippen MR) is 66.4 cm³/mol. The highest BCUT2D eigenvalue weighted by Crippen LogP contribution is 2.33. The molecular formula is C12H10ClNS. The zero-order chi connectivity index (χ0) is 10.7. The Kier molecular flexibility index (Phi) is 3.19. The van der Waals surface area contributed by atoms with Crippen LogP contribution in [0, 0.1) is 0 Å². The first-order valence-electron chi connectivity index (χ1n) is 4.53. The van der Waals surface area contributed by atoms with Crippen LogP contribution in [0.4, 0.5) is 5.69 Å². The standard InChI is InChI=1S/C12H10ClNS/c13-11-3-1-2-4-12(11)15-10-7-5-9(14)6-8-10/h1-8H,14H2. The number of rotatable bonds is 2. The monoisotopic (exact) mass is 235 g/mol. The van der Waals surface area contributed by atoms with Crippen LogP contribution in [-0.4, -0.2) is 0 Å². The predicted octanol–water partition coefficient (Wildman–Crippen LogP) is 4.07. The van der Waals surface area contributed by atoms with E-state index in [0.29, 0.717) is 0 Å². The van der Waals surface area contributed by atoms with Crippen LogP contribution in [-0.2, 0) is 0 Å². The second-order valence-electron chi connectivity index (χ2n) is 3.10. The van der Waals surface area contributed by atoms with Crippen molar-refractivity contribution in [1.82, 2.24) is 0 Å². The maximum absolute atomic E-state index is 6.06. The van der Waals surface area contributed by atoms with E-state index >= 15 is 0 Å². The SMILES string of the molecule is Nc1ccc(Sc2ccccc2Cl)cc1. The van der Waals surface area contributed by atoms with Gasteiger partial charge < -0.3 is 5.73 Å². The number of anilines is 1. The van der Waals surface area contributed by atoms with Gasteiger partial charge in [0.25, 0.3) is 0 Å². The van der Waals surface area contributed by atoms with Gasteiger partial charge in [-0.25, -0.2) is 0 Å². The third kappa shape index (κ3) is 2.67. The largest absolute Gasteiger partial charge is 0.399 e. The molecule has 2 aromatic rings. The summed E-state index contributed by atoms with van der Waals surface area (Å²) in [6, 6.07) is 15.6. The number of hydrogen-bond acceptors (Lipinski definition) is 2. The molecule has 0 amide bonds. The van der Waals surface area contributed by atoms with Gasteiger partial charge >= 0.3 is 0 Å². The molecule has 0 bridgehead atoms. The average Bonchev–Trinajstić information content (AvgIpc) is 2.25. The molecule has 0 atom stereocenters. The molecule has 0 radical (unpaired) electrons. The van der Waals surface area contributed by atoms with Crippen LogP contribution in [0.15, 0.2) is 58.3 Å². The zero-order valence-corrected chi connectivity index (χ0v) is 9.55. The Labute approximate surface area is 98.3 Å². The van der Waals surface area contributed by atoms with Gasteiger partial charge in [-0.05, 0) is 36.4 Å². The molecule has 2 aromatic carbocycles. The summed E-state index contributed by atoms with van der Waals surface area (Å²) < 4.78 is 0. The molecule has 0 heterocycles. The van der Waals surface area contributed by atoms with Gasteiger partial charge in [-0.3, -0.25) is 0 Å². The minimum Gasteiger partial charge on any atom is -0.399 e. The highest BCUT2D eigenvalue weighted by molar-refractivity contribution is 7.99. The van der Waals surface area contributed by atoms with Crippen molar-refractivity contribution in [2.75, 3.05) is 5.73 Å². The summed E-state index contributed by atoms with van der Waals surface area (Å²) in [5.41, 5.74) is 6.39. The van der Waals surface area contributed by atoms with Gasteiger partial charge in [0.05, 0.1) is 5.02 Å². The first-order valence-corrected chi connectivity index (χ1v) is 5.73. The fraction of sp³-hybridized carbons (Fsp3) is 0. The molecule has 0 aliphatic carbocycles. The summed E-state index contributed by atoms with van der Waals surface area (Å²) in [4.78, 5) is 2.20. The van der Waals surface area contributed by atoms with Gasteiger partial charge in [0.1, 0.15) is 0 Å². The van der Waals surface area contributed by atoms with E-state index in [-0.39, 0.29) is 0 Å². The second kappa shape index (κ2) is 4.60. The minimum absolute atomic E-state index is 0.776. The Morgan fingerprint density at radius 2 is 1.60 bits per heavy atom. The molecule has 76 valence electrons. The van der Waals surface area contributed by atoms with Crippen LogP contribution in [0.5, 0.6) is 0 Å². The Hall–Kier alpha value is -1.12. The lowest BCUT2D eigenvalue weighted by Gasteiger charge is -2.03. The molecule has 2 rings (SSSR count). The van der Waals surface area contributed by atoms with Crippen molar-refractivity contribution in [1.29, 1.82) is 0 Å². The first kappa shape index (κ1) is 10.4. The number of benzene rings is 2. The molecule has 0 spiro atoms. The Bertz CT molecular complexity index is 453. The summed E-state index contributed by atoms with van der Waals surface area (Å²) in [6.07, 6.45) is 0. The molecule has 0 aliphatic heterocycles. The van der Waals surface area contributed by atoms with Gasteiger partial charge in [0.15, 0.2) is 0 Å². The van der Waals surface area contributed by atoms with Crippen LogP contribution >= 0.6 is 23.4 Å². The Morgan fingerprint density at radius 3 is 2.27 bits per heavy atom. The van der Waals surface area contributed by atoms with Crippen molar-refractivity contribution in [2.45, 2.75) is 9.79 Å². The number of nitrogens with two attached hydrogens (primary N) is 1. The molecular weight excluding hydrogens is 226 g/mol. The number of nitrogen functional groups attached to an aromatic ring is 1. The smallest absolute Gasteiger partial charge is 0.0545 e. The van der Waals surface area contributed by atoms with Crippen LogP contribution in [0.2, 0.25) is 5.02 Å². The molecule has 15 heavy (non-hydrogen) atoms. The van der Waals surface area contributed by atoms with E-state index in [1.54, 1.807) is 11.8 Å². The van der Waals surface area contributed by atoms with E-state index in [4.69, 9.17) is 17.3 Å². The van der Waals surface area contributed by atoms with Crippen molar-refractivity contribution < 1.29 is 0 Å². The first-order chi connectivity index (χ1) is 7.25. The summed E-state index contributed by atoms with van der Waals surface area (Å²) in [6.45, 7) is 0. The Morgan fingerprint density at radius 1 is 0.933 bits per heavy atom. The highest BCUT2D eigenvalue weighted by atomic mass is 35.5. The van der Waals surface area contributed by atoms with E-state index in [1.165, 1.54) is 0 Å². The highest BCUT2D eigenvalue weighted by Gasteiger charge is 2.00. The van der Waals surface area contributed by atoms with Gasteiger partial charge in [0, 0.05) is 15.5 Å². The number of hydrogen-bond donors (Lipinski definition) is 1. The lowest BCUT2D eigenvalue weighted by molar-refractivity contribution is 1.41. The fourth-order valence-corrected chi connectivity index (χ4v) is 2.28. The third-order valence-electron chi connectivity index (χ3n) is 1.94. The summed E-state index contributed by atoms with van der Waals surface area (Å²) >= 11 is 7.70. The number of halogens is 1. The van der Waals surface area contributed by atoms with E-state index in [1.807, 2.05) is 48.5 Å². The van der Waals surface area contributed by atoms with Crippen molar-refractivity contribution in [3.8, 4) is 0 Å². The zero-order valence-electron chi connectivity index (χ0n) is 7.98. The maximum atomic E-state index is 6.06. The van der Waals surface area contributed by atoms with E-state index in [2.05, 4.69) is 0 Å². The van der Waals surface area contributed by atoms with Crippen molar-refractivity contribution in [3.05, 3.63) is 53.6 Å². The van der Waals surface area contributed by atoms with E-state index in [0.717, 1.165) is 20.5 Å². The second-order valence-corrected chi connectivity index (χ2v) is 4.62. The molecule has 0 unspecified atom stereocenters. The molecule has 3 heteroatoms. The summed E-state index contributed by atoms with van der Waals surface area (Å²) in [5, 5.41) is 0.777. The van der Waals surface area contributed by atoms with Crippen LogP contribution < -0.4 is 5.73 Å². The normalized spacial score (nSPS) is 10.2. The molecule has 0 aliphatic rings. The molecule has 2 N–H and O–H groups in total. The van der Waals surface area contributed by atoms with Crippen molar-refractivity contribution in [3.63, 3.8) is 0 Å². The molecule has 1 nitrogen and oxygen atoms in total. The lowest BCUT2D eigenvalue weighted by Crippen LogP contribution is -1.82. The molecule has 0 aromatic heterocycles. The summed E-state index contributed by atoms with van der Waals surface area (Å²) in [7, 11) is 0. The minimum atomic E-state index is 0.776. The van der Waals surface area contributed by atoms with Gasteiger partial charge in [-0.1, -0.05) is 35.5 Å². The van der Waals surface area contributed by atoms with Crippen LogP contribution in [0.3, 0.4) is 0 Å². The quantitative estimate of drug-likeness (QED) is 0.794. The molecule has 0 saturated heterocycles. The van der Waals surface area contributed by atoms with E-state index in [9.17, 15) is 0 Å². The fourth-order valence-electron chi connectivity index (χ4n) is 1.19. The van der Waals surface area contributed by atoms with Gasteiger partial charge in [-0.2, -0.15) is 0 Å².